The van der Waals surface area contributed by atoms with E-state index in [-0.39, 0.29) is 6.04 Å². The number of aromatic nitrogens is 2. The van der Waals surface area contributed by atoms with Gasteiger partial charge in [0.05, 0.1) is 19.3 Å². The van der Waals surface area contributed by atoms with Crippen molar-refractivity contribution in [2.24, 2.45) is 7.05 Å². The number of hydrogen-bond acceptors (Lipinski definition) is 3. The predicted molar refractivity (Wildman–Crippen MR) is 76.5 cm³/mol. The molecule has 0 fully saturated rings. The minimum atomic E-state index is 0.106. The summed E-state index contributed by atoms with van der Waals surface area (Å²) < 4.78 is 7.33. The fourth-order valence-electron chi connectivity index (χ4n) is 2.26. The van der Waals surface area contributed by atoms with Crippen LogP contribution >= 0.6 is 0 Å². The van der Waals surface area contributed by atoms with Gasteiger partial charge < -0.3 is 10.1 Å². The number of methoxy groups -OCH3 is 1. The van der Waals surface area contributed by atoms with Gasteiger partial charge in [-0.1, -0.05) is 19.1 Å². The minimum Gasteiger partial charge on any atom is -0.496 e. The lowest BCUT2D eigenvalue weighted by molar-refractivity contribution is 0.404. The third-order valence-corrected chi connectivity index (χ3v) is 3.17. The highest BCUT2D eigenvalue weighted by atomic mass is 16.5. The second-order valence-electron chi connectivity index (χ2n) is 4.68. The first-order valence-electron chi connectivity index (χ1n) is 6.52. The standard InChI is InChI=1S/C15H21N3O/c1-5-16-15(12-9-17-18(3)10-12)13-7-6-11(2)8-14(13)19-4/h6-10,15-16H,5H2,1-4H3. The Morgan fingerprint density at radius 1 is 1.42 bits per heavy atom. The van der Waals surface area contributed by atoms with Gasteiger partial charge in [0.2, 0.25) is 0 Å². The molecule has 1 aromatic carbocycles. The molecule has 4 heteroatoms. The quantitative estimate of drug-likeness (QED) is 0.896. The van der Waals surface area contributed by atoms with Crippen LogP contribution in [0.1, 0.15) is 29.7 Å². The van der Waals surface area contributed by atoms with E-state index < -0.39 is 0 Å². The summed E-state index contributed by atoms with van der Waals surface area (Å²) in [5.74, 6) is 0.912. The minimum absolute atomic E-state index is 0.106. The molecular formula is C15H21N3O. The third-order valence-electron chi connectivity index (χ3n) is 3.17. The molecule has 1 heterocycles. The second kappa shape index (κ2) is 5.89. The van der Waals surface area contributed by atoms with Gasteiger partial charge >= 0.3 is 0 Å². The Morgan fingerprint density at radius 2 is 2.21 bits per heavy atom. The van der Waals surface area contributed by atoms with Crippen molar-refractivity contribution in [2.75, 3.05) is 13.7 Å². The van der Waals surface area contributed by atoms with Crippen LogP contribution in [-0.4, -0.2) is 23.4 Å². The lowest BCUT2D eigenvalue weighted by Gasteiger charge is -2.20. The summed E-state index contributed by atoms with van der Waals surface area (Å²) in [7, 11) is 3.64. The van der Waals surface area contributed by atoms with Crippen LogP contribution in [0.15, 0.2) is 30.6 Å². The molecule has 0 saturated carbocycles. The summed E-state index contributed by atoms with van der Waals surface area (Å²) in [6.07, 6.45) is 3.93. The molecule has 0 aliphatic heterocycles. The van der Waals surface area contributed by atoms with Crippen molar-refractivity contribution in [3.8, 4) is 5.75 Å². The van der Waals surface area contributed by atoms with Crippen LogP contribution in [0.3, 0.4) is 0 Å². The van der Waals surface area contributed by atoms with E-state index >= 15 is 0 Å². The zero-order valence-electron chi connectivity index (χ0n) is 12.0. The topological polar surface area (TPSA) is 39.1 Å². The molecule has 0 bridgehead atoms. The highest BCUT2D eigenvalue weighted by molar-refractivity contribution is 5.43. The van der Waals surface area contributed by atoms with Crippen LogP contribution in [0.5, 0.6) is 5.75 Å². The smallest absolute Gasteiger partial charge is 0.124 e. The summed E-state index contributed by atoms with van der Waals surface area (Å²) in [5, 5.41) is 7.74. The highest BCUT2D eigenvalue weighted by Crippen LogP contribution is 2.30. The number of ether oxygens (including phenoxy) is 1. The van der Waals surface area contributed by atoms with Gasteiger partial charge in [-0.15, -0.1) is 0 Å². The van der Waals surface area contributed by atoms with Gasteiger partial charge in [0.1, 0.15) is 5.75 Å². The Balaban J connectivity index is 2.44. The van der Waals surface area contributed by atoms with E-state index in [1.165, 1.54) is 5.56 Å². The fraction of sp³-hybridized carbons (Fsp3) is 0.400. The molecule has 4 nitrogen and oxygen atoms in total. The Kier molecular flexibility index (Phi) is 4.22. The maximum Gasteiger partial charge on any atom is 0.124 e. The predicted octanol–water partition coefficient (Wildman–Crippen LogP) is 2.44. The van der Waals surface area contributed by atoms with E-state index in [9.17, 15) is 0 Å². The number of aryl methyl sites for hydroxylation is 2. The molecule has 1 N–H and O–H groups in total. The molecule has 1 aromatic heterocycles. The molecule has 0 amide bonds. The molecule has 0 saturated heterocycles. The van der Waals surface area contributed by atoms with Crippen LogP contribution in [0.4, 0.5) is 0 Å². The van der Waals surface area contributed by atoms with E-state index in [0.717, 1.165) is 23.4 Å². The summed E-state index contributed by atoms with van der Waals surface area (Å²) in [6.45, 7) is 5.05. The largest absolute Gasteiger partial charge is 0.496 e. The first-order chi connectivity index (χ1) is 9.15. The molecule has 0 spiro atoms. The van der Waals surface area contributed by atoms with Crippen molar-refractivity contribution in [3.05, 3.63) is 47.3 Å². The Morgan fingerprint density at radius 3 is 2.79 bits per heavy atom. The number of benzene rings is 1. The Bertz CT molecular complexity index is 548. The van der Waals surface area contributed by atoms with Gasteiger partial charge in [-0.05, 0) is 25.1 Å². The second-order valence-corrected chi connectivity index (χ2v) is 4.68. The number of rotatable bonds is 5. The molecule has 0 aliphatic rings. The summed E-state index contributed by atoms with van der Waals surface area (Å²) in [5.41, 5.74) is 3.48. The first kappa shape index (κ1) is 13.6. The summed E-state index contributed by atoms with van der Waals surface area (Å²) in [4.78, 5) is 0. The van der Waals surface area contributed by atoms with Crippen LogP contribution < -0.4 is 10.1 Å². The molecular weight excluding hydrogens is 238 g/mol. The molecule has 1 unspecified atom stereocenters. The Labute approximate surface area is 114 Å². The van der Waals surface area contributed by atoms with Gasteiger partial charge in [-0.25, -0.2) is 0 Å². The third kappa shape index (κ3) is 2.96. The van der Waals surface area contributed by atoms with Crippen LogP contribution in [0.2, 0.25) is 0 Å². The average Bonchev–Trinajstić information content (AvgIpc) is 2.82. The molecule has 2 rings (SSSR count). The van der Waals surface area contributed by atoms with E-state index in [1.807, 2.05) is 24.1 Å². The normalized spacial score (nSPS) is 12.4. The van der Waals surface area contributed by atoms with E-state index in [1.54, 1.807) is 7.11 Å². The Hall–Kier alpha value is -1.81. The zero-order chi connectivity index (χ0) is 13.8. The van der Waals surface area contributed by atoms with Crippen molar-refractivity contribution in [1.82, 2.24) is 15.1 Å². The van der Waals surface area contributed by atoms with Crippen molar-refractivity contribution in [1.29, 1.82) is 0 Å². The molecule has 0 aliphatic carbocycles. The van der Waals surface area contributed by atoms with Crippen LogP contribution in [0.25, 0.3) is 0 Å². The van der Waals surface area contributed by atoms with Crippen molar-refractivity contribution in [2.45, 2.75) is 19.9 Å². The highest BCUT2D eigenvalue weighted by Gasteiger charge is 2.18. The van der Waals surface area contributed by atoms with Gasteiger partial charge in [0, 0.05) is 24.4 Å². The first-order valence-corrected chi connectivity index (χ1v) is 6.52. The monoisotopic (exact) mass is 259 g/mol. The van der Waals surface area contributed by atoms with Crippen molar-refractivity contribution < 1.29 is 4.74 Å². The number of nitrogens with zero attached hydrogens (tertiary/aromatic N) is 2. The van der Waals surface area contributed by atoms with E-state index in [0.29, 0.717) is 0 Å². The SMILES string of the molecule is CCNC(c1cnn(C)c1)c1ccc(C)cc1OC. The maximum atomic E-state index is 5.51. The summed E-state index contributed by atoms with van der Waals surface area (Å²) >= 11 is 0. The molecule has 1 atom stereocenters. The maximum absolute atomic E-state index is 5.51. The fourth-order valence-corrected chi connectivity index (χ4v) is 2.26. The van der Waals surface area contributed by atoms with Gasteiger partial charge in [0.25, 0.3) is 0 Å². The number of nitrogens with one attached hydrogen (secondary N) is 1. The van der Waals surface area contributed by atoms with Crippen LogP contribution in [0, 0.1) is 6.92 Å². The van der Waals surface area contributed by atoms with Gasteiger partial charge in [-0.3, -0.25) is 4.68 Å². The van der Waals surface area contributed by atoms with Crippen molar-refractivity contribution in [3.63, 3.8) is 0 Å². The zero-order valence-corrected chi connectivity index (χ0v) is 12.0. The molecule has 19 heavy (non-hydrogen) atoms. The molecule has 0 radical (unpaired) electrons. The average molecular weight is 259 g/mol. The van der Waals surface area contributed by atoms with E-state index in [2.05, 4.69) is 42.5 Å². The number of hydrogen-bond donors (Lipinski definition) is 1. The lowest BCUT2D eigenvalue weighted by atomic mass is 9.99. The van der Waals surface area contributed by atoms with Crippen molar-refractivity contribution >= 4 is 0 Å². The molecule has 2 aromatic rings. The van der Waals surface area contributed by atoms with Crippen LogP contribution in [-0.2, 0) is 7.05 Å². The summed E-state index contributed by atoms with van der Waals surface area (Å²) in [6, 6.07) is 6.40. The van der Waals surface area contributed by atoms with Gasteiger partial charge in [-0.2, -0.15) is 5.10 Å². The molecule has 102 valence electrons. The van der Waals surface area contributed by atoms with E-state index in [4.69, 9.17) is 4.74 Å². The van der Waals surface area contributed by atoms with Gasteiger partial charge in [0.15, 0.2) is 0 Å². The lowest BCUT2D eigenvalue weighted by Crippen LogP contribution is -2.22.